The predicted octanol–water partition coefficient (Wildman–Crippen LogP) is 5.79. The second kappa shape index (κ2) is 9.87. The van der Waals surface area contributed by atoms with Gasteiger partial charge in [0.05, 0.1) is 12.1 Å². The molecule has 2 aliphatic heterocycles. The number of alkyl halides is 3. The van der Waals surface area contributed by atoms with Crippen LogP contribution in [0.4, 0.5) is 35.4 Å². The summed E-state index contributed by atoms with van der Waals surface area (Å²) in [6.07, 6.45) is -0.129. The van der Waals surface area contributed by atoms with Crippen molar-refractivity contribution in [1.29, 1.82) is 0 Å². The lowest BCUT2D eigenvalue weighted by Crippen LogP contribution is -2.42. The molecule has 2 atom stereocenters. The number of fused-ring (bicyclic) bond motifs is 5. The largest absolute Gasteiger partial charge is 0.444 e. The molecule has 12 heteroatoms. The summed E-state index contributed by atoms with van der Waals surface area (Å²) in [6.45, 7) is 5.21. The van der Waals surface area contributed by atoms with Crippen molar-refractivity contribution in [2.24, 2.45) is 0 Å². The summed E-state index contributed by atoms with van der Waals surface area (Å²) >= 11 is 0. The molecule has 0 spiro atoms. The van der Waals surface area contributed by atoms with Gasteiger partial charge in [-0.1, -0.05) is 6.07 Å². The van der Waals surface area contributed by atoms with Crippen LogP contribution in [0, 0.1) is 0 Å². The average molecular weight is 547 g/mol. The highest BCUT2D eigenvalue weighted by molar-refractivity contribution is 5.84. The van der Waals surface area contributed by atoms with Gasteiger partial charge in [0.1, 0.15) is 23.5 Å². The van der Waals surface area contributed by atoms with Gasteiger partial charge in [0, 0.05) is 25.0 Å². The van der Waals surface area contributed by atoms with E-state index < -0.39 is 23.4 Å². The zero-order valence-electron chi connectivity index (χ0n) is 22.4. The summed E-state index contributed by atoms with van der Waals surface area (Å²) in [5.41, 5.74) is 1.08. The first-order chi connectivity index (χ1) is 18.3. The number of aromatic nitrogens is 2. The number of carbonyl (C=O) groups excluding carboxylic acids is 2. The normalized spacial score (nSPS) is 20.3. The maximum atomic E-state index is 13.5. The quantitative estimate of drug-likeness (QED) is 0.473. The number of anilines is 3. The highest BCUT2D eigenvalue weighted by Gasteiger charge is 2.46. The van der Waals surface area contributed by atoms with Gasteiger partial charge in [0.2, 0.25) is 11.9 Å². The van der Waals surface area contributed by atoms with Crippen molar-refractivity contribution in [3.8, 4) is 0 Å². The first kappa shape index (κ1) is 27.0. The van der Waals surface area contributed by atoms with Crippen LogP contribution >= 0.6 is 0 Å². The number of halogens is 3. The van der Waals surface area contributed by atoms with Gasteiger partial charge in [-0.15, -0.1) is 0 Å². The van der Waals surface area contributed by atoms with E-state index in [0.717, 1.165) is 49.4 Å². The van der Waals surface area contributed by atoms with Crippen molar-refractivity contribution in [3.63, 3.8) is 0 Å². The summed E-state index contributed by atoms with van der Waals surface area (Å²) in [6, 6.07) is 5.39. The van der Waals surface area contributed by atoms with Gasteiger partial charge in [-0.25, -0.2) is 9.78 Å². The van der Waals surface area contributed by atoms with E-state index in [2.05, 4.69) is 20.6 Å². The highest BCUT2D eigenvalue weighted by Crippen LogP contribution is 2.53. The number of likely N-dealkylation sites (N-methyl/N-ethyl adjacent to an activating group) is 1. The van der Waals surface area contributed by atoms with Crippen molar-refractivity contribution in [1.82, 2.24) is 19.8 Å². The van der Waals surface area contributed by atoms with Crippen LogP contribution in [-0.2, 0) is 15.7 Å². The molecule has 2 amide bonds. The SMILES string of the molecule is CN(CC(=O)N1[C@@H]2CC[C@H]1c1ccc(Nc3ncc(C(F)(F)F)c(NC4CCC4)n3)cc12)C(=O)OC(C)(C)C. The van der Waals surface area contributed by atoms with Gasteiger partial charge in [-0.3, -0.25) is 4.79 Å². The monoisotopic (exact) mass is 546 g/mol. The zero-order valence-corrected chi connectivity index (χ0v) is 22.4. The lowest BCUT2D eigenvalue weighted by atomic mass is 9.91. The minimum atomic E-state index is -4.56. The molecule has 0 unspecified atom stereocenters. The third-order valence-electron chi connectivity index (χ3n) is 7.35. The minimum Gasteiger partial charge on any atom is -0.444 e. The Morgan fingerprint density at radius 3 is 2.41 bits per heavy atom. The highest BCUT2D eigenvalue weighted by atomic mass is 19.4. The molecule has 9 nitrogen and oxygen atoms in total. The van der Waals surface area contributed by atoms with Crippen LogP contribution in [0.1, 0.15) is 81.6 Å². The molecule has 1 aromatic heterocycles. The van der Waals surface area contributed by atoms with Gasteiger partial charge >= 0.3 is 12.3 Å². The number of hydrogen-bond donors (Lipinski definition) is 2. The number of carbonyl (C=O) groups is 2. The standard InChI is InChI=1S/C27H33F3N6O3/c1-26(2,3)39-25(38)35(4)14-22(37)36-20-10-11-21(36)18-12-16(8-9-17(18)20)33-24-31-13-19(27(28,29)30)23(34-24)32-15-6-5-7-15/h8-9,12-13,15,20-21H,5-7,10-11,14H2,1-4H3,(H2,31,32,33,34)/t20-,21+/m0/s1. The lowest BCUT2D eigenvalue weighted by Gasteiger charge is -2.28. The maximum Gasteiger partial charge on any atom is 0.421 e. The van der Waals surface area contributed by atoms with Crippen LogP contribution in [0.15, 0.2) is 24.4 Å². The molecular formula is C27H33F3N6O3. The lowest BCUT2D eigenvalue weighted by molar-refractivity contribution is -0.137. The van der Waals surface area contributed by atoms with E-state index >= 15 is 0 Å². The summed E-state index contributed by atoms with van der Waals surface area (Å²) < 4.78 is 45.9. The van der Waals surface area contributed by atoms with E-state index in [4.69, 9.17) is 4.74 Å². The Bertz CT molecular complexity index is 1270. The fourth-order valence-electron chi connectivity index (χ4n) is 5.34. The van der Waals surface area contributed by atoms with Crippen molar-refractivity contribution in [2.45, 2.75) is 82.8 Å². The van der Waals surface area contributed by atoms with Gasteiger partial charge in [0.15, 0.2) is 0 Å². The Morgan fingerprint density at radius 1 is 1.10 bits per heavy atom. The van der Waals surface area contributed by atoms with Crippen LogP contribution in [0.25, 0.3) is 0 Å². The molecule has 5 rings (SSSR count). The Hall–Kier alpha value is -3.57. The first-order valence-corrected chi connectivity index (χ1v) is 13.2. The number of hydrogen-bond acceptors (Lipinski definition) is 7. The fourth-order valence-corrected chi connectivity index (χ4v) is 5.34. The molecule has 3 heterocycles. The Labute approximate surface area is 225 Å². The zero-order chi connectivity index (χ0) is 28.1. The van der Waals surface area contributed by atoms with Gasteiger partial charge < -0.3 is 25.2 Å². The molecule has 2 aromatic rings. The molecule has 1 saturated carbocycles. The summed E-state index contributed by atoms with van der Waals surface area (Å²) in [7, 11) is 1.54. The summed E-state index contributed by atoms with van der Waals surface area (Å²) in [4.78, 5) is 36.8. The maximum absolute atomic E-state index is 13.5. The van der Waals surface area contributed by atoms with E-state index in [9.17, 15) is 22.8 Å². The van der Waals surface area contributed by atoms with Crippen LogP contribution < -0.4 is 10.6 Å². The number of rotatable bonds is 6. The van der Waals surface area contributed by atoms with Crippen LogP contribution in [0.5, 0.6) is 0 Å². The van der Waals surface area contributed by atoms with Crippen LogP contribution in [0.3, 0.4) is 0 Å². The van der Waals surface area contributed by atoms with E-state index in [1.807, 2.05) is 23.1 Å². The van der Waals surface area contributed by atoms with Gasteiger partial charge in [-0.05, 0) is 76.1 Å². The van der Waals surface area contributed by atoms with Crippen molar-refractivity contribution in [2.75, 3.05) is 24.2 Å². The average Bonchev–Trinajstić information content (AvgIpc) is 3.37. The van der Waals surface area contributed by atoms with Gasteiger partial charge in [0.25, 0.3) is 0 Å². The molecule has 1 aromatic carbocycles. The number of amides is 2. The molecular weight excluding hydrogens is 513 g/mol. The second-order valence-corrected chi connectivity index (χ2v) is 11.4. The molecule has 39 heavy (non-hydrogen) atoms. The topological polar surface area (TPSA) is 99.7 Å². The molecule has 3 aliphatic rings. The van der Waals surface area contributed by atoms with Gasteiger partial charge in [-0.2, -0.15) is 18.2 Å². The second-order valence-electron chi connectivity index (χ2n) is 11.4. The minimum absolute atomic E-state index is 0.0257. The number of nitrogens with zero attached hydrogens (tertiary/aromatic N) is 4. The van der Waals surface area contributed by atoms with E-state index in [0.29, 0.717) is 5.69 Å². The number of nitrogens with one attached hydrogen (secondary N) is 2. The molecule has 2 N–H and O–H groups in total. The molecule has 1 aliphatic carbocycles. The smallest absolute Gasteiger partial charge is 0.421 e. The summed E-state index contributed by atoms with van der Waals surface area (Å²) in [5.74, 6) is -0.338. The molecule has 0 radical (unpaired) electrons. The van der Waals surface area contributed by atoms with Crippen LogP contribution in [0.2, 0.25) is 0 Å². The number of ether oxygens (including phenoxy) is 1. The van der Waals surface area contributed by atoms with E-state index in [1.54, 1.807) is 20.8 Å². The van der Waals surface area contributed by atoms with Crippen molar-refractivity contribution < 1.29 is 27.5 Å². The molecule has 210 valence electrons. The van der Waals surface area contributed by atoms with Crippen molar-refractivity contribution >= 4 is 29.5 Å². The first-order valence-electron chi connectivity index (χ1n) is 13.2. The fraction of sp³-hybridized carbons (Fsp3) is 0.556. The Kier molecular flexibility index (Phi) is 6.84. The van der Waals surface area contributed by atoms with E-state index in [-0.39, 0.29) is 42.3 Å². The van der Waals surface area contributed by atoms with E-state index in [1.165, 1.54) is 11.9 Å². The number of benzene rings is 1. The molecule has 2 bridgehead atoms. The summed E-state index contributed by atoms with van der Waals surface area (Å²) in [5, 5.41) is 5.94. The predicted molar refractivity (Wildman–Crippen MR) is 138 cm³/mol. The Morgan fingerprint density at radius 2 is 1.79 bits per heavy atom. The molecule has 2 fully saturated rings. The third-order valence-corrected chi connectivity index (χ3v) is 7.35. The van der Waals surface area contributed by atoms with Crippen LogP contribution in [-0.4, -0.2) is 57.0 Å². The third kappa shape index (κ3) is 5.60. The molecule has 1 saturated heterocycles. The Balaban J connectivity index is 1.31. The van der Waals surface area contributed by atoms with Crippen molar-refractivity contribution in [3.05, 3.63) is 41.1 Å².